The summed E-state index contributed by atoms with van der Waals surface area (Å²) in [5, 5.41) is 5.25. The van der Waals surface area contributed by atoms with Crippen molar-refractivity contribution in [1.82, 2.24) is 10.6 Å². The van der Waals surface area contributed by atoms with E-state index in [0.717, 1.165) is 5.56 Å². The highest BCUT2D eigenvalue weighted by molar-refractivity contribution is 6.04. The first-order valence-corrected chi connectivity index (χ1v) is 7.34. The second-order valence-corrected chi connectivity index (χ2v) is 6.06. The normalized spacial score (nSPS) is 23.9. The zero-order valence-electron chi connectivity index (χ0n) is 13.6. The van der Waals surface area contributed by atoms with E-state index >= 15 is 0 Å². The van der Waals surface area contributed by atoms with Crippen molar-refractivity contribution in [2.75, 3.05) is 14.1 Å². The lowest BCUT2D eigenvalue weighted by Crippen LogP contribution is -2.60. The molecule has 21 heavy (non-hydrogen) atoms. The van der Waals surface area contributed by atoms with Gasteiger partial charge in [0.1, 0.15) is 0 Å². The maximum absolute atomic E-state index is 12.4. The lowest BCUT2D eigenvalue weighted by Gasteiger charge is -2.48. The average Bonchev–Trinajstić information content (AvgIpc) is 2.40. The number of hydrogen-bond acceptors (Lipinski definition) is 3. The first kappa shape index (κ1) is 17.4. The second-order valence-electron chi connectivity index (χ2n) is 6.06. The fraction of sp³-hybridized carbons (Fsp3) is 0.529. The predicted molar refractivity (Wildman–Crippen MR) is 84.9 cm³/mol. The molecule has 1 atom stereocenters. The highest BCUT2D eigenvalue weighted by atomic mass is 16.2. The molecule has 0 aliphatic carbocycles. The molecule has 0 radical (unpaired) electrons. The molecule has 4 heteroatoms. The van der Waals surface area contributed by atoms with E-state index in [1.807, 2.05) is 65.2 Å². The second kappa shape index (κ2) is 6.85. The number of nitrogens with one attached hydrogen (secondary N) is 2. The van der Waals surface area contributed by atoms with E-state index in [4.69, 9.17) is 0 Å². The molecule has 116 valence electrons. The third kappa shape index (κ3) is 3.16. The maximum atomic E-state index is 12.4. The number of carbonyl (C=O) groups is 2. The molecule has 0 saturated carbocycles. The Kier molecular flexibility index (Phi) is 5.67. The summed E-state index contributed by atoms with van der Waals surface area (Å²) in [6, 6.07) is 9.76. The Morgan fingerprint density at radius 3 is 2.10 bits per heavy atom. The zero-order valence-corrected chi connectivity index (χ0v) is 13.6. The summed E-state index contributed by atoms with van der Waals surface area (Å²) in [7, 11) is 3.75. The van der Waals surface area contributed by atoms with Crippen LogP contribution in [0.4, 0.5) is 0 Å². The fourth-order valence-corrected chi connectivity index (χ4v) is 3.22. The Morgan fingerprint density at radius 1 is 1.14 bits per heavy atom. The van der Waals surface area contributed by atoms with Gasteiger partial charge in [-0.3, -0.25) is 14.9 Å². The van der Waals surface area contributed by atoms with E-state index < -0.39 is 5.41 Å². The van der Waals surface area contributed by atoms with Gasteiger partial charge < -0.3 is 5.32 Å². The van der Waals surface area contributed by atoms with Gasteiger partial charge in [0.2, 0.25) is 11.8 Å². The van der Waals surface area contributed by atoms with Crippen LogP contribution in [0.5, 0.6) is 0 Å². The number of hydrogen-bond donors (Lipinski definition) is 2. The number of carbonyl (C=O) groups excluding carboxylic acids is 2. The van der Waals surface area contributed by atoms with Gasteiger partial charge in [0, 0.05) is 6.42 Å². The molecule has 2 amide bonds. The zero-order chi connectivity index (χ0) is 16.1. The molecule has 1 aliphatic rings. The molecule has 1 unspecified atom stereocenters. The summed E-state index contributed by atoms with van der Waals surface area (Å²) in [6.07, 6.45) is 1.06. The van der Waals surface area contributed by atoms with Crippen molar-refractivity contribution in [2.45, 2.75) is 39.0 Å². The Hall–Kier alpha value is -1.68. The molecule has 0 spiro atoms. The van der Waals surface area contributed by atoms with Gasteiger partial charge >= 0.3 is 0 Å². The van der Waals surface area contributed by atoms with Crippen LogP contribution in [0.1, 0.15) is 39.2 Å². The first-order chi connectivity index (χ1) is 9.85. The van der Waals surface area contributed by atoms with Crippen LogP contribution in [0, 0.1) is 5.41 Å². The summed E-state index contributed by atoms with van der Waals surface area (Å²) >= 11 is 0. The van der Waals surface area contributed by atoms with E-state index in [0.29, 0.717) is 12.8 Å². The van der Waals surface area contributed by atoms with Crippen molar-refractivity contribution < 1.29 is 9.59 Å². The molecule has 1 saturated heterocycles. The molecule has 1 heterocycles. The van der Waals surface area contributed by atoms with Gasteiger partial charge in [-0.2, -0.15) is 0 Å². The number of imide groups is 1. The summed E-state index contributed by atoms with van der Waals surface area (Å²) in [4.78, 5) is 24.0. The van der Waals surface area contributed by atoms with Gasteiger partial charge in [0.05, 0.1) is 5.41 Å². The van der Waals surface area contributed by atoms with Crippen LogP contribution in [-0.4, -0.2) is 25.9 Å². The van der Waals surface area contributed by atoms with Crippen LogP contribution < -0.4 is 10.6 Å². The Balaban J connectivity index is 0.000000677. The van der Waals surface area contributed by atoms with Gasteiger partial charge in [-0.25, -0.2) is 0 Å². The summed E-state index contributed by atoms with van der Waals surface area (Å²) in [6.45, 7) is 6.00. The van der Waals surface area contributed by atoms with E-state index in [2.05, 4.69) is 10.6 Å². The number of rotatable bonds is 2. The molecule has 4 nitrogen and oxygen atoms in total. The third-order valence-electron chi connectivity index (χ3n) is 4.20. The topological polar surface area (TPSA) is 58.2 Å². The predicted octanol–water partition coefficient (Wildman–Crippen LogP) is 2.24. The monoisotopic (exact) mass is 290 g/mol. The Labute approximate surface area is 127 Å². The quantitative estimate of drug-likeness (QED) is 0.821. The van der Waals surface area contributed by atoms with Gasteiger partial charge in [-0.15, -0.1) is 0 Å². The number of piperidine rings is 1. The van der Waals surface area contributed by atoms with E-state index in [1.165, 1.54) is 0 Å². The van der Waals surface area contributed by atoms with Crippen molar-refractivity contribution in [1.29, 1.82) is 0 Å². The number of benzene rings is 1. The van der Waals surface area contributed by atoms with Crippen molar-refractivity contribution in [2.24, 2.45) is 5.41 Å². The molecule has 0 bridgehead atoms. The summed E-state index contributed by atoms with van der Waals surface area (Å²) in [5.74, 6) is -0.345. The highest BCUT2D eigenvalue weighted by Gasteiger charge is 2.54. The third-order valence-corrected chi connectivity index (χ3v) is 4.20. The van der Waals surface area contributed by atoms with Crippen molar-refractivity contribution in [3.05, 3.63) is 35.9 Å². The van der Waals surface area contributed by atoms with Crippen molar-refractivity contribution >= 4 is 11.8 Å². The maximum Gasteiger partial charge on any atom is 0.237 e. The summed E-state index contributed by atoms with van der Waals surface area (Å²) in [5.41, 5.74) is -0.00692. The first-order valence-electron chi connectivity index (χ1n) is 7.34. The molecule has 1 aliphatic heterocycles. The van der Waals surface area contributed by atoms with E-state index in [9.17, 15) is 9.59 Å². The van der Waals surface area contributed by atoms with Crippen LogP contribution >= 0.6 is 0 Å². The van der Waals surface area contributed by atoms with Gasteiger partial charge in [-0.05, 0) is 31.5 Å². The van der Waals surface area contributed by atoms with Crippen LogP contribution in [0.3, 0.4) is 0 Å². The molecular formula is C17H26N2O2. The standard InChI is InChI=1S/C15H19NO2.C2H7N/c1-4-15(11-8-6-5-7-9-11)13(18)16-12(17)10-14(15,2)3;1-3-2/h5-9H,4,10H2,1-3H3,(H,16,17,18);3H,1-2H3. The van der Waals surface area contributed by atoms with Crippen LogP contribution in [0.15, 0.2) is 30.3 Å². The van der Waals surface area contributed by atoms with E-state index in [1.54, 1.807) is 0 Å². The van der Waals surface area contributed by atoms with Crippen LogP contribution in [0.2, 0.25) is 0 Å². The Morgan fingerprint density at radius 2 is 1.67 bits per heavy atom. The van der Waals surface area contributed by atoms with Crippen molar-refractivity contribution in [3.63, 3.8) is 0 Å². The SMILES string of the molecule is CCC1(c2ccccc2)C(=O)NC(=O)CC1(C)C.CNC. The van der Waals surface area contributed by atoms with Gasteiger partial charge in [0.15, 0.2) is 0 Å². The Bertz CT molecular complexity index is 497. The lowest BCUT2D eigenvalue weighted by atomic mass is 9.56. The number of amides is 2. The fourth-order valence-electron chi connectivity index (χ4n) is 3.22. The van der Waals surface area contributed by atoms with E-state index in [-0.39, 0.29) is 17.2 Å². The molecule has 2 rings (SSSR count). The average molecular weight is 290 g/mol. The minimum atomic E-state index is -0.623. The van der Waals surface area contributed by atoms with Gasteiger partial charge in [-0.1, -0.05) is 51.1 Å². The largest absolute Gasteiger partial charge is 0.323 e. The van der Waals surface area contributed by atoms with Crippen molar-refractivity contribution in [3.8, 4) is 0 Å². The van der Waals surface area contributed by atoms with Gasteiger partial charge in [0.25, 0.3) is 0 Å². The highest BCUT2D eigenvalue weighted by Crippen LogP contribution is 2.48. The molecule has 1 aromatic rings. The molecule has 0 aromatic heterocycles. The molecule has 1 aromatic carbocycles. The molecule has 2 N–H and O–H groups in total. The van der Waals surface area contributed by atoms with Crippen LogP contribution in [-0.2, 0) is 15.0 Å². The minimum absolute atomic E-state index is 0.169. The molecule has 1 fully saturated rings. The molecular weight excluding hydrogens is 264 g/mol. The van der Waals surface area contributed by atoms with Crippen LogP contribution in [0.25, 0.3) is 0 Å². The smallest absolute Gasteiger partial charge is 0.237 e. The minimum Gasteiger partial charge on any atom is -0.323 e. The summed E-state index contributed by atoms with van der Waals surface area (Å²) < 4.78 is 0. The lowest BCUT2D eigenvalue weighted by molar-refractivity contribution is -0.145.